The van der Waals surface area contributed by atoms with Crippen molar-refractivity contribution >= 4 is 29.0 Å². The third-order valence-corrected chi connectivity index (χ3v) is 3.41. The van der Waals surface area contributed by atoms with Gasteiger partial charge in [0.25, 0.3) is 0 Å². The number of H-pyrrole nitrogens is 1. The van der Waals surface area contributed by atoms with Gasteiger partial charge in [0.1, 0.15) is 0 Å². The highest BCUT2D eigenvalue weighted by molar-refractivity contribution is 5.96. The molecule has 7 heteroatoms. The summed E-state index contributed by atoms with van der Waals surface area (Å²) in [5.41, 5.74) is 5.62. The van der Waals surface area contributed by atoms with E-state index in [0.717, 1.165) is 22.2 Å². The van der Waals surface area contributed by atoms with Gasteiger partial charge in [-0.1, -0.05) is 49.0 Å². The molecule has 126 valence electrons. The van der Waals surface area contributed by atoms with E-state index in [1.807, 2.05) is 54.0 Å². The largest absolute Gasteiger partial charge is 0.358 e. The lowest BCUT2D eigenvalue weighted by molar-refractivity contribution is -0.143. The van der Waals surface area contributed by atoms with Gasteiger partial charge in [-0.15, -0.1) is 0 Å². The molecule has 0 spiro atoms. The van der Waals surface area contributed by atoms with E-state index in [1.54, 1.807) is 0 Å². The molecule has 0 atom stereocenters. The van der Waals surface area contributed by atoms with Gasteiger partial charge in [-0.05, 0) is 18.6 Å². The van der Waals surface area contributed by atoms with E-state index in [-0.39, 0.29) is 11.5 Å². The fourth-order valence-corrected chi connectivity index (χ4v) is 2.25. The SMILES string of the molecule is C=C(C)C(=O)ONC(=O)Nc1nc2c(-c3ccccc3)cccc2[nH]1. The summed E-state index contributed by atoms with van der Waals surface area (Å²) < 4.78 is 0. The molecule has 2 amide bonds. The van der Waals surface area contributed by atoms with Gasteiger partial charge in [-0.25, -0.2) is 14.6 Å². The Kier molecular flexibility index (Phi) is 4.47. The Bertz CT molecular complexity index is 947. The van der Waals surface area contributed by atoms with E-state index in [4.69, 9.17) is 0 Å². The minimum atomic E-state index is -0.727. The molecule has 0 aliphatic heterocycles. The Labute approximate surface area is 143 Å². The van der Waals surface area contributed by atoms with Gasteiger partial charge in [0.05, 0.1) is 11.0 Å². The molecule has 0 aliphatic carbocycles. The predicted octanol–water partition coefficient (Wildman–Crippen LogP) is 3.39. The number of benzene rings is 2. The van der Waals surface area contributed by atoms with Crippen molar-refractivity contribution in [2.75, 3.05) is 5.32 Å². The van der Waals surface area contributed by atoms with Gasteiger partial charge in [-0.3, -0.25) is 5.32 Å². The van der Waals surface area contributed by atoms with Crippen molar-refractivity contribution in [1.82, 2.24) is 15.4 Å². The molecule has 3 N–H and O–H groups in total. The van der Waals surface area contributed by atoms with Gasteiger partial charge in [0.15, 0.2) is 0 Å². The maximum Gasteiger partial charge on any atom is 0.358 e. The maximum atomic E-state index is 11.8. The number of imidazole rings is 1. The monoisotopic (exact) mass is 336 g/mol. The van der Waals surface area contributed by atoms with Crippen LogP contribution in [0.15, 0.2) is 60.7 Å². The standard InChI is InChI=1S/C18H16N4O3/c1-11(2)16(23)25-22-18(24)21-17-19-14-10-6-9-13(15(14)20-17)12-7-4-3-5-8-12/h3-10H,1H2,2H3,(H3,19,20,21,22,24). The van der Waals surface area contributed by atoms with Crippen molar-refractivity contribution in [3.63, 3.8) is 0 Å². The summed E-state index contributed by atoms with van der Waals surface area (Å²) in [6, 6.07) is 14.8. The number of aromatic amines is 1. The van der Waals surface area contributed by atoms with Crippen LogP contribution in [0.1, 0.15) is 6.92 Å². The molecule has 3 aromatic rings. The predicted molar refractivity (Wildman–Crippen MR) is 94.6 cm³/mol. The number of carbonyl (C=O) groups is 2. The topological polar surface area (TPSA) is 96.1 Å². The summed E-state index contributed by atoms with van der Waals surface area (Å²) >= 11 is 0. The van der Waals surface area contributed by atoms with E-state index in [2.05, 4.69) is 26.7 Å². The number of rotatable bonds is 3. The molecule has 0 radical (unpaired) electrons. The van der Waals surface area contributed by atoms with Crippen molar-refractivity contribution in [1.29, 1.82) is 0 Å². The summed E-state index contributed by atoms with van der Waals surface area (Å²) in [6.45, 7) is 4.90. The second-order valence-electron chi connectivity index (χ2n) is 5.38. The van der Waals surface area contributed by atoms with Crippen molar-refractivity contribution < 1.29 is 14.4 Å². The van der Waals surface area contributed by atoms with Crippen molar-refractivity contribution in [3.05, 3.63) is 60.7 Å². The number of nitrogens with zero attached hydrogens (tertiary/aromatic N) is 1. The third-order valence-electron chi connectivity index (χ3n) is 3.41. The normalized spacial score (nSPS) is 10.3. The summed E-state index contributed by atoms with van der Waals surface area (Å²) in [4.78, 5) is 35.0. The number of hydrogen-bond acceptors (Lipinski definition) is 4. The van der Waals surface area contributed by atoms with Crippen LogP contribution in [0, 0.1) is 0 Å². The first-order valence-corrected chi connectivity index (χ1v) is 7.52. The molecule has 25 heavy (non-hydrogen) atoms. The Morgan fingerprint density at radius 1 is 1.12 bits per heavy atom. The average molecular weight is 336 g/mol. The highest BCUT2D eigenvalue weighted by atomic mass is 16.7. The molecule has 0 bridgehead atoms. The van der Waals surface area contributed by atoms with Crippen molar-refractivity contribution in [2.24, 2.45) is 0 Å². The van der Waals surface area contributed by atoms with Crippen LogP contribution in [0.25, 0.3) is 22.2 Å². The highest BCUT2D eigenvalue weighted by Crippen LogP contribution is 2.27. The molecule has 0 aliphatic rings. The van der Waals surface area contributed by atoms with Crippen LogP contribution in [0.4, 0.5) is 10.7 Å². The summed E-state index contributed by atoms with van der Waals surface area (Å²) in [6.07, 6.45) is 0. The third kappa shape index (κ3) is 3.66. The fourth-order valence-electron chi connectivity index (χ4n) is 2.25. The number of fused-ring (bicyclic) bond motifs is 1. The van der Waals surface area contributed by atoms with E-state index in [9.17, 15) is 9.59 Å². The van der Waals surface area contributed by atoms with Gasteiger partial charge in [-0.2, -0.15) is 5.48 Å². The van der Waals surface area contributed by atoms with Crippen LogP contribution < -0.4 is 10.8 Å². The molecule has 1 aromatic heterocycles. The van der Waals surface area contributed by atoms with E-state index in [0.29, 0.717) is 0 Å². The molecule has 0 saturated carbocycles. The molecule has 7 nitrogen and oxygen atoms in total. The van der Waals surface area contributed by atoms with Gasteiger partial charge in [0, 0.05) is 11.1 Å². The van der Waals surface area contributed by atoms with Crippen LogP contribution in [0.3, 0.4) is 0 Å². The summed E-state index contributed by atoms with van der Waals surface area (Å²) in [5, 5.41) is 2.48. The molecule has 2 aromatic carbocycles. The number of hydrogen-bond donors (Lipinski definition) is 3. The van der Waals surface area contributed by atoms with E-state index in [1.165, 1.54) is 6.92 Å². The maximum absolute atomic E-state index is 11.8. The number of anilines is 1. The van der Waals surface area contributed by atoms with E-state index >= 15 is 0 Å². The van der Waals surface area contributed by atoms with Crippen LogP contribution >= 0.6 is 0 Å². The van der Waals surface area contributed by atoms with Crippen molar-refractivity contribution in [2.45, 2.75) is 6.92 Å². The van der Waals surface area contributed by atoms with Crippen molar-refractivity contribution in [3.8, 4) is 11.1 Å². The Morgan fingerprint density at radius 3 is 2.60 bits per heavy atom. The fraction of sp³-hybridized carbons (Fsp3) is 0.0556. The lowest BCUT2D eigenvalue weighted by atomic mass is 10.0. The van der Waals surface area contributed by atoms with Gasteiger partial charge in [0.2, 0.25) is 5.95 Å². The lowest BCUT2D eigenvalue weighted by Gasteiger charge is -2.05. The molecular formula is C18H16N4O3. The van der Waals surface area contributed by atoms with Crippen LogP contribution in [0.5, 0.6) is 0 Å². The number of aromatic nitrogens is 2. The number of amides is 2. The molecule has 1 heterocycles. The summed E-state index contributed by atoms with van der Waals surface area (Å²) in [5.74, 6) is -0.478. The second kappa shape index (κ2) is 6.88. The minimum Gasteiger partial charge on any atom is -0.334 e. The van der Waals surface area contributed by atoms with Crippen LogP contribution in [-0.4, -0.2) is 22.0 Å². The minimum absolute atomic E-state index is 0.177. The van der Waals surface area contributed by atoms with Crippen LogP contribution in [-0.2, 0) is 9.63 Å². The summed E-state index contributed by atoms with van der Waals surface area (Å²) in [7, 11) is 0. The second-order valence-corrected chi connectivity index (χ2v) is 5.38. The first kappa shape index (κ1) is 16.3. The zero-order valence-corrected chi connectivity index (χ0v) is 13.5. The zero-order chi connectivity index (χ0) is 17.8. The Morgan fingerprint density at radius 2 is 1.88 bits per heavy atom. The number of hydroxylamine groups is 1. The molecule has 0 unspecified atom stereocenters. The lowest BCUT2D eigenvalue weighted by Crippen LogP contribution is -2.31. The van der Waals surface area contributed by atoms with Gasteiger partial charge >= 0.3 is 12.0 Å². The molecule has 3 rings (SSSR count). The first-order chi connectivity index (χ1) is 12.0. The Balaban J connectivity index is 1.79. The quantitative estimate of drug-likeness (QED) is 0.504. The smallest absolute Gasteiger partial charge is 0.334 e. The molecule has 0 saturated heterocycles. The first-order valence-electron chi connectivity index (χ1n) is 7.52. The number of urea groups is 1. The zero-order valence-electron chi connectivity index (χ0n) is 13.5. The molecular weight excluding hydrogens is 320 g/mol. The number of para-hydroxylation sites is 1. The Hall–Kier alpha value is -3.61. The van der Waals surface area contributed by atoms with Gasteiger partial charge < -0.3 is 9.82 Å². The molecule has 0 fully saturated rings. The van der Waals surface area contributed by atoms with Crippen LogP contribution in [0.2, 0.25) is 0 Å². The number of nitrogens with one attached hydrogen (secondary N) is 3. The van der Waals surface area contributed by atoms with E-state index < -0.39 is 12.0 Å². The highest BCUT2D eigenvalue weighted by Gasteiger charge is 2.12. The number of carbonyl (C=O) groups excluding carboxylic acids is 2. The average Bonchev–Trinajstić information content (AvgIpc) is 3.02.